The number of morpholine rings is 1. The predicted molar refractivity (Wildman–Crippen MR) is 398 cm³/mol. The van der Waals surface area contributed by atoms with Gasteiger partial charge in [-0.05, 0) is 108 Å². The van der Waals surface area contributed by atoms with Crippen molar-refractivity contribution in [1.29, 1.82) is 0 Å². The van der Waals surface area contributed by atoms with Gasteiger partial charge < -0.3 is 79.8 Å². The van der Waals surface area contributed by atoms with Crippen LogP contribution in [0.3, 0.4) is 0 Å². The molecular formula is C76H102ClN15O13. The molecule has 11 amide bonds. The fraction of sp³-hybridized carbons (Fsp3) is 0.474. The number of primary amides is 1. The Morgan fingerprint density at radius 2 is 0.952 bits per heavy atom. The van der Waals surface area contributed by atoms with Crippen LogP contribution in [0.4, 0.5) is 0 Å². The van der Waals surface area contributed by atoms with Crippen LogP contribution in [0.1, 0.15) is 108 Å². The number of amides is 11. The first-order valence-electron chi connectivity index (χ1n) is 35.7. The molecule has 16 N–H and O–H groups in total. The molecule has 28 nitrogen and oxygen atoms in total. The maximum atomic E-state index is 15.1. The molecule has 2 heterocycles. The molecule has 0 bridgehead atoms. The van der Waals surface area contributed by atoms with Crippen molar-refractivity contribution < 1.29 is 62.6 Å². The SMILES string of the molecule is CC(=O)N[C@H](Cc1ccc2ccccc2c1)C(=O)N[C@H](Cc1ccc(Cl)cc1)C(=O)N[C@H](Cc1ccccc1)C(=O)N[C@@H](CO)C(=O)N[C@@H](CC(C)C)C(=O)N[C@H](Cc1ccc(CN2CCOCC2)cc1)C(=O)N[C@@H](CC(C)C)C(=O)N[C@@H](CCCN=C(N)N)C(=O)N1CCC[C@H]1C(=O)N[C@H](C)C(N)=O. The van der Waals surface area contributed by atoms with Crippen molar-refractivity contribution in [3.63, 3.8) is 0 Å². The van der Waals surface area contributed by atoms with Crippen molar-refractivity contribution in [1.82, 2.24) is 57.7 Å². The molecule has 2 aliphatic heterocycles. The number of aliphatic hydroxyl groups excluding tert-OH is 1. The third-order valence-corrected chi connectivity index (χ3v) is 18.4. The average molecular weight is 1470 g/mol. The minimum Gasteiger partial charge on any atom is -0.394 e. The van der Waals surface area contributed by atoms with E-state index in [2.05, 4.69) is 57.7 Å². The van der Waals surface area contributed by atoms with Crippen molar-refractivity contribution in [2.75, 3.05) is 46.0 Å². The van der Waals surface area contributed by atoms with Crippen LogP contribution in [0, 0.1) is 11.8 Å². The molecule has 0 spiro atoms. The number of rotatable bonds is 38. The number of ether oxygens (including phenoxy) is 1. The summed E-state index contributed by atoms with van der Waals surface area (Å²) in [5, 5.41) is 37.9. The summed E-state index contributed by atoms with van der Waals surface area (Å²) in [5.41, 5.74) is 20.1. The van der Waals surface area contributed by atoms with E-state index in [9.17, 15) is 53.1 Å². The third kappa shape index (κ3) is 26.6. The zero-order valence-corrected chi connectivity index (χ0v) is 61.3. The second-order valence-corrected chi connectivity index (χ2v) is 28.1. The molecule has 0 aromatic heterocycles. The number of likely N-dealkylation sites (tertiary alicyclic amines) is 1. The fourth-order valence-electron chi connectivity index (χ4n) is 12.6. The molecule has 566 valence electrons. The Balaban J connectivity index is 1.13. The number of aliphatic imine (C=N–C) groups is 1. The van der Waals surface area contributed by atoms with Gasteiger partial charge in [-0.1, -0.05) is 148 Å². The summed E-state index contributed by atoms with van der Waals surface area (Å²) < 4.78 is 5.54. The number of nitrogens with two attached hydrogens (primary N) is 3. The van der Waals surface area contributed by atoms with Crippen LogP contribution < -0.4 is 65.1 Å². The maximum absolute atomic E-state index is 15.1. The van der Waals surface area contributed by atoms with Crippen LogP contribution in [-0.4, -0.2) is 192 Å². The zero-order chi connectivity index (χ0) is 76.3. The zero-order valence-electron chi connectivity index (χ0n) is 60.5. The van der Waals surface area contributed by atoms with Gasteiger partial charge in [0.25, 0.3) is 0 Å². The second-order valence-electron chi connectivity index (χ2n) is 27.7. The maximum Gasteiger partial charge on any atom is 0.245 e. The normalized spacial score (nSPS) is 16.3. The number of benzene rings is 5. The number of aliphatic hydroxyl groups is 1. The average Bonchev–Trinajstić information content (AvgIpc) is 1.66. The molecule has 2 aliphatic rings. The van der Waals surface area contributed by atoms with E-state index in [1.165, 1.54) is 18.7 Å². The van der Waals surface area contributed by atoms with E-state index in [-0.39, 0.29) is 88.7 Å². The van der Waals surface area contributed by atoms with Gasteiger partial charge >= 0.3 is 0 Å². The van der Waals surface area contributed by atoms with Crippen LogP contribution in [-0.2, 0) is 89.7 Å². The Hall–Kier alpha value is -10.0. The molecule has 0 aliphatic carbocycles. The van der Waals surface area contributed by atoms with Crippen molar-refractivity contribution in [2.24, 2.45) is 34.0 Å². The quantitative estimate of drug-likeness (QED) is 0.0152. The third-order valence-electron chi connectivity index (χ3n) is 18.1. The van der Waals surface area contributed by atoms with E-state index in [0.717, 1.165) is 35.0 Å². The second kappa shape index (κ2) is 40.9. The molecule has 2 fully saturated rings. The molecule has 5 aromatic rings. The van der Waals surface area contributed by atoms with E-state index in [1.807, 2.05) is 80.6 Å². The van der Waals surface area contributed by atoms with E-state index < -0.39 is 132 Å². The van der Waals surface area contributed by atoms with E-state index in [1.54, 1.807) is 68.4 Å². The molecular weight excluding hydrogens is 1370 g/mol. The Kier molecular flexibility index (Phi) is 32.0. The first-order valence-corrected chi connectivity index (χ1v) is 36.1. The summed E-state index contributed by atoms with van der Waals surface area (Å²) in [6.07, 6.45) is 0.633. The molecule has 7 rings (SSSR count). The van der Waals surface area contributed by atoms with Crippen LogP contribution in [0.15, 0.2) is 126 Å². The Morgan fingerprint density at radius 1 is 0.514 bits per heavy atom. The first kappa shape index (κ1) is 82.3. The molecule has 0 unspecified atom stereocenters. The molecule has 29 heteroatoms. The number of nitrogens with zero attached hydrogens (tertiary/aromatic N) is 3. The van der Waals surface area contributed by atoms with E-state index in [4.69, 9.17) is 33.5 Å². The van der Waals surface area contributed by atoms with Gasteiger partial charge in [0.15, 0.2) is 5.96 Å². The van der Waals surface area contributed by atoms with Crippen LogP contribution in [0.5, 0.6) is 0 Å². The Bertz CT molecular complexity index is 3820. The molecule has 105 heavy (non-hydrogen) atoms. The highest BCUT2D eigenvalue weighted by molar-refractivity contribution is 6.30. The number of hydrogen-bond donors (Lipinski definition) is 13. The Morgan fingerprint density at radius 3 is 1.47 bits per heavy atom. The number of nitrogens with one attached hydrogen (secondary N) is 9. The first-order chi connectivity index (χ1) is 50.1. The standard InChI is InChI=1S/C76H102ClN15O13/c1-45(2)36-58(67(96)84-57(18-12-30-81-76(79)80)75(104)92-31-13-19-65(92)74(103)82-47(5)66(78)95)85-70(99)62(40-50-20-22-52(23-21-50)43-91-32-34-105-35-33-91)87-68(97)59(37-46(3)4)86-73(102)64(44-93)90-72(101)61(39-49-14-8-7-9-15-49)89-71(100)63(41-51-25-28-56(77)29-26-51)88-69(98)60(83-48(6)94)42-53-24-27-54-16-10-11-17-55(54)38-53/h7-11,14-17,20-29,38,45-47,57-65,93H,12-13,18-19,30-37,39-44H2,1-6H3,(H2,78,95)(H,82,103)(H,83,94)(H,84,96)(H,85,99)(H,86,102)(H,87,97)(H,88,98)(H,89,100)(H,90,101)(H4,79,80,81)/t47-,57+,58+,59+,60-,61-,62-,63-,64+,65+/m1/s1. The van der Waals surface area contributed by atoms with Crippen LogP contribution >= 0.6 is 11.6 Å². The topological polar surface area (TPSA) is 422 Å². The van der Waals surface area contributed by atoms with Gasteiger partial charge in [0, 0.05) is 70.4 Å². The molecule has 10 atom stereocenters. The van der Waals surface area contributed by atoms with Gasteiger partial charge in [-0.15, -0.1) is 0 Å². The number of hydrogen-bond acceptors (Lipinski definition) is 15. The number of carbonyl (C=O) groups excluding carboxylic acids is 11. The monoisotopic (exact) mass is 1470 g/mol. The summed E-state index contributed by atoms with van der Waals surface area (Å²) in [4.78, 5) is 164. The summed E-state index contributed by atoms with van der Waals surface area (Å²) in [7, 11) is 0. The smallest absolute Gasteiger partial charge is 0.245 e. The molecule has 2 saturated heterocycles. The highest BCUT2D eigenvalue weighted by Crippen LogP contribution is 2.23. The summed E-state index contributed by atoms with van der Waals surface area (Å²) >= 11 is 6.25. The number of carbonyl (C=O) groups is 11. The van der Waals surface area contributed by atoms with Gasteiger partial charge in [0.05, 0.1) is 19.8 Å². The van der Waals surface area contributed by atoms with Crippen molar-refractivity contribution >= 4 is 93.3 Å². The number of guanidine groups is 1. The lowest BCUT2D eigenvalue weighted by molar-refractivity contribution is -0.142. The summed E-state index contributed by atoms with van der Waals surface area (Å²) in [5.74, 6) is -9.03. The lowest BCUT2D eigenvalue weighted by Crippen LogP contribution is -2.61. The van der Waals surface area contributed by atoms with Crippen molar-refractivity contribution in [2.45, 2.75) is 173 Å². The minimum absolute atomic E-state index is 0.00620. The molecule has 0 radical (unpaired) electrons. The van der Waals surface area contributed by atoms with Gasteiger partial charge in [-0.2, -0.15) is 0 Å². The van der Waals surface area contributed by atoms with Gasteiger partial charge in [-0.25, -0.2) is 0 Å². The number of halogens is 1. The van der Waals surface area contributed by atoms with Gasteiger partial charge in [0.1, 0.15) is 60.4 Å². The van der Waals surface area contributed by atoms with Crippen molar-refractivity contribution in [3.8, 4) is 0 Å². The largest absolute Gasteiger partial charge is 0.394 e. The van der Waals surface area contributed by atoms with Crippen LogP contribution in [0.25, 0.3) is 10.8 Å². The predicted octanol–water partition coefficient (Wildman–Crippen LogP) is 1.61. The molecule has 0 saturated carbocycles. The summed E-state index contributed by atoms with van der Waals surface area (Å²) in [6, 6.07) is 22.9. The van der Waals surface area contributed by atoms with Gasteiger partial charge in [-0.3, -0.25) is 62.6 Å². The highest BCUT2D eigenvalue weighted by atomic mass is 35.5. The van der Waals surface area contributed by atoms with Crippen molar-refractivity contribution in [3.05, 3.63) is 154 Å². The Labute approximate surface area is 617 Å². The summed E-state index contributed by atoms with van der Waals surface area (Å²) in [6.45, 7) is 12.5. The molecule has 5 aromatic carbocycles. The highest BCUT2D eigenvalue weighted by Gasteiger charge is 2.40. The van der Waals surface area contributed by atoms with Gasteiger partial charge in [0.2, 0.25) is 65.0 Å². The minimum atomic E-state index is -1.74. The fourth-order valence-corrected chi connectivity index (χ4v) is 12.7. The number of fused-ring (bicyclic) bond motifs is 1. The van der Waals surface area contributed by atoms with E-state index in [0.29, 0.717) is 47.9 Å². The lowest BCUT2D eigenvalue weighted by Gasteiger charge is -2.31. The van der Waals surface area contributed by atoms with Crippen LogP contribution in [0.2, 0.25) is 5.02 Å². The van der Waals surface area contributed by atoms with E-state index >= 15 is 4.79 Å². The lowest BCUT2D eigenvalue weighted by atomic mass is 9.98.